The molecule has 0 aliphatic rings. The minimum absolute atomic E-state index is 0.137. The molecule has 0 unspecified atom stereocenters. The summed E-state index contributed by atoms with van der Waals surface area (Å²) in [7, 11) is 0. The van der Waals surface area contributed by atoms with Crippen LogP contribution in [0.1, 0.15) is 0 Å². The van der Waals surface area contributed by atoms with Gasteiger partial charge in [-0.05, 0) is 29.3 Å². The normalized spacial score (nSPS) is 10.9. The van der Waals surface area contributed by atoms with Gasteiger partial charge in [-0.3, -0.25) is 9.20 Å². The third-order valence-corrected chi connectivity index (χ3v) is 5.43. The van der Waals surface area contributed by atoms with Gasteiger partial charge in [0.1, 0.15) is 0 Å². The Morgan fingerprint density at radius 2 is 1.71 bits per heavy atom. The van der Waals surface area contributed by atoms with E-state index in [2.05, 4.69) is 15.5 Å². The van der Waals surface area contributed by atoms with Crippen LogP contribution in [0.25, 0.3) is 16.8 Å². The highest BCUT2D eigenvalue weighted by Crippen LogP contribution is 2.25. The lowest BCUT2D eigenvalue weighted by Gasteiger charge is -2.07. The minimum atomic E-state index is -0.137. The molecule has 0 fully saturated rings. The molecule has 8 heteroatoms. The SMILES string of the molecule is O=C(CSc1nnc2c(Cl)cc(Cl)cn12)Nc1ccc(-c2ccccc2)cc1. The van der Waals surface area contributed by atoms with Crippen LogP contribution >= 0.6 is 35.0 Å². The van der Waals surface area contributed by atoms with Crippen LogP contribution in [0, 0.1) is 0 Å². The van der Waals surface area contributed by atoms with Crippen molar-refractivity contribution in [3.8, 4) is 11.1 Å². The van der Waals surface area contributed by atoms with Crippen LogP contribution in [0.2, 0.25) is 10.0 Å². The lowest BCUT2D eigenvalue weighted by molar-refractivity contribution is -0.113. The summed E-state index contributed by atoms with van der Waals surface area (Å²) in [6.45, 7) is 0. The number of pyridine rings is 1. The number of carbonyl (C=O) groups excluding carboxylic acids is 1. The lowest BCUT2D eigenvalue weighted by Crippen LogP contribution is -2.14. The summed E-state index contributed by atoms with van der Waals surface area (Å²) in [5.74, 6) is 0.0491. The van der Waals surface area contributed by atoms with E-state index in [0.29, 0.717) is 20.8 Å². The Kier molecular flexibility index (Phi) is 5.52. The second-order valence-corrected chi connectivity index (χ2v) is 7.75. The first-order valence-corrected chi connectivity index (χ1v) is 10.1. The summed E-state index contributed by atoms with van der Waals surface area (Å²) >= 11 is 13.4. The molecule has 0 atom stereocenters. The number of anilines is 1. The number of nitrogens with one attached hydrogen (secondary N) is 1. The third-order valence-electron chi connectivity index (χ3n) is 4.00. The molecule has 0 saturated heterocycles. The fraction of sp³-hybridized carbons (Fsp3) is 0.0500. The fourth-order valence-electron chi connectivity index (χ4n) is 2.70. The van der Waals surface area contributed by atoms with E-state index in [1.807, 2.05) is 54.6 Å². The second-order valence-electron chi connectivity index (χ2n) is 5.96. The van der Waals surface area contributed by atoms with Crippen LogP contribution in [0.15, 0.2) is 72.0 Å². The zero-order valence-electron chi connectivity index (χ0n) is 14.5. The summed E-state index contributed by atoms with van der Waals surface area (Å²) in [5.41, 5.74) is 3.47. The Hall–Kier alpha value is -2.54. The van der Waals surface area contributed by atoms with Gasteiger partial charge in [0.25, 0.3) is 0 Å². The number of hydrogen-bond acceptors (Lipinski definition) is 4. The van der Waals surface area contributed by atoms with E-state index in [-0.39, 0.29) is 11.7 Å². The summed E-state index contributed by atoms with van der Waals surface area (Å²) in [4.78, 5) is 12.3. The number of benzene rings is 2. The van der Waals surface area contributed by atoms with E-state index in [4.69, 9.17) is 23.2 Å². The quantitative estimate of drug-likeness (QED) is 0.430. The van der Waals surface area contributed by atoms with Crippen LogP contribution in [0.5, 0.6) is 0 Å². The van der Waals surface area contributed by atoms with Gasteiger partial charge < -0.3 is 5.32 Å². The first kappa shape index (κ1) is 18.8. The predicted octanol–water partition coefficient (Wildman–Crippen LogP) is 5.43. The van der Waals surface area contributed by atoms with E-state index < -0.39 is 0 Å². The molecule has 28 heavy (non-hydrogen) atoms. The Labute approximate surface area is 175 Å². The number of nitrogens with zero attached hydrogens (tertiary/aromatic N) is 3. The number of rotatable bonds is 5. The smallest absolute Gasteiger partial charge is 0.234 e. The molecule has 0 spiro atoms. The number of aromatic nitrogens is 3. The van der Waals surface area contributed by atoms with Crippen molar-refractivity contribution in [1.82, 2.24) is 14.6 Å². The molecule has 2 aromatic carbocycles. The van der Waals surface area contributed by atoms with Crippen molar-refractivity contribution in [2.75, 3.05) is 11.1 Å². The fourth-order valence-corrected chi connectivity index (χ4v) is 3.92. The van der Waals surface area contributed by atoms with E-state index in [0.717, 1.165) is 16.8 Å². The summed E-state index contributed by atoms with van der Waals surface area (Å²) in [6, 6.07) is 19.4. The molecule has 0 radical (unpaired) electrons. The maximum atomic E-state index is 12.3. The number of halogens is 2. The standard InChI is InChI=1S/C20H14Cl2N4OS/c21-15-10-17(22)19-24-25-20(26(19)11-15)28-12-18(27)23-16-8-6-14(7-9-16)13-4-2-1-3-5-13/h1-11H,12H2,(H,23,27). The summed E-state index contributed by atoms with van der Waals surface area (Å²) in [5, 5.41) is 12.4. The number of carbonyl (C=O) groups is 1. The maximum Gasteiger partial charge on any atom is 0.234 e. The number of fused-ring (bicyclic) bond motifs is 1. The van der Waals surface area contributed by atoms with Gasteiger partial charge in [-0.1, -0.05) is 77.4 Å². The molecule has 2 aromatic heterocycles. The van der Waals surface area contributed by atoms with Crippen molar-refractivity contribution in [2.45, 2.75) is 5.16 Å². The molecule has 0 saturated carbocycles. The molecule has 4 aromatic rings. The van der Waals surface area contributed by atoms with Gasteiger partial charge in [0, 0.05) is 11.9 Å². The minimum Gasteiger partial charge on any atom is -0.325 e. The topological polar surface area (TPSA) is 59.3 Å². The van der Waals surface area contributed by atoms with Crippen molar-refractivity contribution < 1.29 is 4.79 Å². The van der Waals surface area contributed by atoms with Crippen LogP contribution in [-0.4, -0.2) is 26.3 Å². The highest BCUT2D eigenvalue weighted by atomic mass is 35.5. The molecule has 140 valence electrons. The van der Waals surface area contributed by atoms with Crippen molar-refractivity contribution in [3.05, 3.63) is 76.9 Å². The zero-order valence-corrected chi connectivity index (χ0v) is 16.8. The molecule has 1 amide bonds. The van der Waals surface area contributed by atoms with Crippen molar-refractivity contribution in [3.63, 3.8) is 0 Å². The Morgan fingerprint density at radius 3 is 2.46 bits per heavy atom. The molecule has 5 nitrogen and oxygen atoms in total. The molecular formula is C20H14Cl2N4OS. The van der Waals surface area contributed by atoms with Gasteiger partial charge >= 0.3 is 0 Å². The highest BCUT2D eigenvalue weighted by Gasteiger charge is 2.12. The Morgan fingerprint density at radius 1 is 1.00 bits per heavy atom. The van der Waals surface area contributed by atoms with Gasteiger partial charge in [0.05, 0.1) is 15.8 Å². The van der Waals surface area contributed by atoms with Crippen LogP contribution in [0.3, 0.4) is 0 Å². The van der Waals surface area contributed by atoms with Gasteiger partial charge in [-0.25, -0.2) is 0 Å². The monoisotopic (exact) mass is 428 g/mol. The van der Waals surface area contributed by atoms with Crippen LogP contribution in [-0.2, 0) is 4.79 Å². The van der Waals surface area contributed by atoms with Crippen molar-refractivity contribution in [2.24, 2.45) is 0 Å². The molecule has 4 rings (SSSR count). The average Bonchev–Trinajstić information content (AvgIpc) is 3.11. The molecule has 0 bridgehead atoms. The molecule has 2 heterocycles. The van der Waals surface area contributed by atoms with Gasteiger partial charge in [0.2, 0.25) is 5.91 Å². The first-order valence-electron chi connectivity index (χ1n) is 8.38. The van der Waals surface area contributed by atoms with E-state index in [1.54, 1.807) is 16.7 Å². The number of hydrogen-bond donors (Lipinski definition) is 1. The summed E-state index contributed by atoms with van der Waals surface area (Å²) < 4.78 is 1.68. The molecule has 1 N–H and O–H groups in total. The third kappa shape index (κ3) is 4.14. The zero-order chi connectivity index (χ0) is 19.5. The van der Waals surface area contributed by atoms with Gasteiger partial charge in [-0.2, -0.15) is 0 Å². The second kappa shape index (κ2) is 8.22. The number of thioether (sulfide) groups is 1. The van der Waals surface area contributed by atoms with E-state index in [1.165, 1.54) is 11.8 Å². The maximum absolute atomic E-state index is 12.3. The van der Waals surface area contributed by atoms with Gasteiger partial charge in [-0.15, -0.1) is 10.2 Å². The predicted molar refractivity (Wildman–Crippen MR) is 114 cm³/mol. The first-order chi connectivity index (χ1) is 13.6. The molecule has 0 aliphatic heterocycles. The Balaban J connectivity index is 1.40. The largest absolute Gasteiger partial charge is 0.325 e. The highest BCUT2D eigenvalue weighted by molar-refractivity contribution is 7.99. The lowest BCUT2D eigenvalue weighted by atomic mass is 10.1. The van der Waals surface area contributed by atoms with Crippen molar-refractivity contribution in [1.29, 1.82) is 0 Å². The summed E-state index contributed by atoms with van der Waals surface area (Å²) in [6.07, 6.45) is 1.67. The van der Waals surface area contributed by atoms with E-state index in [9.17, 15) is 4.79 Å². The van der Waals surface area contributed by atoms with Crippen LogP contribution < -0.4 is 5.32 Å². The molecule has 0 aliphatic carbocycles. The Bertz CT molecular complexity index is 1130. The average molecular weight is 429 g/mol. The van der Waals surface area contributed by atoms with E-state index >= 15 is 0 Å². The van der Waals surface area contributed by atoms with Crippen molar-refractivity contribution >= 4 is 52.2 Å². The number of amides is 1. The van der Waals surface area contributed by atoms with Gasteiger partial charge in [0.15, 0.2) is 10.8 Å². The van der Waals surface area contributed by atoms with Crippen LogP contribution in [0.4, 0.5) is 5.69 Å². The molecular weight excluding hydrogens is 415 g/mol.